The molecule has 0 bridgehead atoms. The monoisotopic (exact) mass is 97.1 g/mol. The zero-order valence-corrected chi connectivity index (χ0v) is 3.96. The first-order valence-corrected chi connectivity index (χ1v) is 2.04. The minimum Gasteiger partial charge on any atom is -0.392 e. The van der Waals surface area contributed by atoms with E-state index in [0.29, 0.717) is 6.42 Å². The van der Waals surface area contributed by atoms with E-state index in [1.165, 1.54) is 0 Å². The van der Waals surface area contributed by atoms with Crippen LogP contribution >= 0.6 is 0 Å². The van der Waals surface area contributed by atoms with Crippen LogP contribution in [0.1, 0.15) is 6.42 Å². The summed E-state index contributed by atoms with van der Waals surface area (Å²) in [5.41, 5.74) is 0. The van der Waals surface area contributed by atoms with E-state index in [1.807, 2.05) is 6.07 Å². The van der Waals surface area contributed by atoms with E-state index >= 15 is 0 Å². The molecule has 0 atom stereocenters. The lowest BCUT2D eigenvalue weighted by Crippen LogP contribution is -1.68. The Bertz CT molecular complexity index is 90.7. The molecule has 0 aliphatic heterocycles. The van der Waals surface area contributed by atoms with Gasteiger partial charge in [-0.1, -0.05) is 12.2 Å². The van der Waals surface area contributed by atoms with Crippen molar-refractivity contribution in [3.63, 3.8) is 0 Å². The lowest BCUT2D eigenvalue weighted by Gasteiger charge is -1.71. The van der Waals surface area contributed by atoms with Crippen LogP contribution in [0.2, 0.25) is 0 Å². The molecule has 0 unspecified atom stereocenters. The van der Waals surface area contributed by atoms with Gasteiger partial charge >= 0.3 is 0 Å². The van der Waals surface area contributed by atoms with Crippen molar-refractivity contribution in [3.8, 4) is 6.07 Å². The summed E-state index contributed by atoms with van der Waals surface area (Å²) in [7, 11) is 0. The Morgan fingerprint density at radius 1 is 1.57 bits per heavy atom. The van der Waals surface area contributed by atoms with Crippen molar-refractivity contribution in [1.29, 1.82) is 5.26 Å². The summed E-state index contributed by atoms with van der Waals surface area (Å²) in [5, 5.41) is 16.0. The first-order chi connectivity index (χ1) is 3.41. The van der Waals surface area contributed by atoms with Gasteiger partial charge in [0.15, 0.2) is 0 Å². The third kappa shape index (κ3) is 5.19. The van der Waals surface area contributed by atoms with Crippen LogP contribution in [-0.2, 0) is 0 Å². The molecule has 0 aliphatic rings. The minimum absolute atomic E-state index is 0.0294. The van der Waals surface area contributed by atoms with Crippen LogP contribution < -0.4 is 0 Å². The number of hydrogen-bond donors (Lipinski definition) is 1. The maximum Gasteiger partial charge on any atom is 0.0663 e. The smallest absolute Gasteiger partial charge is 0.0663 e. The Balaban J connectivity index is 2.97. The largest absolute Gasteiger partial charge is 0.392 e. The summed E-state index contributed by atoms with van der Waals surface area (Å²) < 4.78 is 0. The summed E-state index contributed by atoms with van der Waals surface area (Å²) in [6, 6.07) is 1.90. The van der Waals surface area contributed by atoms with Gasteiger partial charge in [0.05, 0.1) is 19.1 Å². The Labute approximate surface area is 42.7 Å². The van der Waals surface area contributed by atoms with E-state index < -0.39 is 0 Å². The van der Waals surface area contributed by atoms with E-state index in [-0.39, 0.29) is 6.61 Å². The Hall–Kier alpha value is -0.810. The van der Waals surface area contributed by atoms with Crippen LogP contribution in [0.3, 0.4) is 0 Å². The molecule has 7 heavy (non-hydrogen) atoms. The number of aliphatic hydroxyl groups is 1. The molecule has 0 fully saturated rings. The molecule has 0 aromatic rings. The fourth-order valence-electron chi connectivity index (χ4n) is 0.211. The van der Waals surface area contributed by atoms with Crippen molar-refractivity contribution in [1.82, 2.24) is 0 Å². The summed E-state index contributed by atoms with van der Waals surface area (Å²) in [4.78, 5) is 0. The van der Waals surface area contributed by atoms with E-state index in [1.54, 1.807) is 12.2 Å². The Morgan fingerprint density at radius 3 is 2.71 bits per heavy atom. The van der Waals surface area contributed by atoms with Crippen molar-refractivity contribution in [2.45, 2.75) is 6.42 Å². The molecule has 0 aromatic heterocycles. The highest BCUT2D eigenvalue weighted by molar-refractivity contribution is 4.89. The zero-order chi connectivity index (χ0) is 5.54. The average Bonchev–Trinajstić information content (AvgIpc) is 1.69. The van der Waals surface area contributed by atoms with Gasteiger partial charge in [0, 0.05) is 0 Å². The van der Waals surface area contributed by atoms with Crippen LogP contribution in [0.25, 0.3) is 0 Å². The number of nitriles is 1. The summed E-state index contributed by atoms with van der Waals surface area (Å²) in [6.07, 6.45) is 3.56. The highest BCUT2D eigenvalue weighted by atomic mass is 16.2. The molecule has 0 radical (unpaired) electrons. The number of hydrogen-bond acceptors (Lipinski definition) is 2. The Kier molecular flexibility index (Phi) is 4.59. The SMILES string of the molecule is N#CC/C=C\CO. The zero-order valence-electron chi connectivity index (χ0n) is 3.96. The van der Waals surface area contributed by atoms with Crippen LogP contribution in [0.15, 0.2) is 12.2 Å². The normalized spacial score (nSPS) is 9.14. The van der Waals surface area contributed by atoms with E-state index in [9.17, 15) is 0 Å². The van der Waals surface area contributed by atoms with Gasteiger partial charge in [0.25, 0.3) is 0 Å². The molecule has 0 saturated heterocycles. The van der Waals surface area contributed by atoms with Gasteiger partial charge in [0.2, 0.25) is 0 Å². The predicted molar refractivity (Wildman–Crippen MR) is 26.5 cm³/mol. The predicted octanol–water partition coefficient (Wildman–Crippen LogP) is 0.449. The fourth-order valence-corrected chi connectivity index (χ4v) is 0.211. The van der Waals surface area contributed by atoms with Crippen LogP contribution in [0.4, 0.5) is 0 Å². The molecule has 2 heteroatoms. The first kappa shape index (κ1) is 6.19. The molecule has 38 valence electrons. The quantitative estimate of drug-likeness (QED) is 0.508. The first-order valence-electron chi connectivity index (χ1n) is 2.04. The lowest BCUT2D eigenvalue weighted by atomic mass is 10.4. The molecule has 0 saturated carbocycles. The molecular weight excluding hydrogens is 90.1 g/mol. The van der Waals surface area contributed by atoms with Crippen LogP contribution in [-0.4, -0.2) is 11.7 Å². The standard InChI is InChI=1S/C5H7NO/c6-4-2-1-3-5-7/h1,3,7H,2,5H2/b3-1-. The van der Waals surface area contributed by atoms with Gasteiger partial charge in [-0.25, -0.2) is 0 Å². The van der Waals surface area contributed by atoms with E-state index in [0.717, 1.165) is 0 Å². The number of nitrogens with zero attached hydrogens (tertiary/aromatic N) is 1. The van der Waals surface area contributed by atoms with Gasteiger partial charge < -0.3 is 5.11 Å². The van der Waals surface area contributed by atoms with Crippen molar-refractivity contribution in [3.05, 3.63) is 12.2 Å². The second-order valence-electron chi connectivity index (χ2n) is 1.02. The van der Waals surface area contributed by atoms with Crippen LogP contribution in [0.5, 0.6) is 0 Å². The van der Waals surface area contributed by atoms with Gasteiger partial charge in [-0.15, -0.1) is 0 Å². The average molecular weight is 97.1 g/mol. The molecule has 0 spiro atoms. The van der Waals surface area contributed by atoms with Gasteiger partial charge in [-0.3, -0.25) is 0 Å². The molecule has 2 nitrogen and oxygen atoms in total. The fraction of sp³-hybridized carbons (Fsp3) is 0.400. The van der Waals surface area contributed by atoms with Crippen molar-refractivity contribution >= 4 is 0 Å². The molecule has 0 aromatic carbocycles. The van der Waals surface area contributed by atoms with E-state index in [2.05, 4.69) is 0 Å². The Morgan fingerprint density at radius 2 is 2.29 bits per heavy atom. The van der Waals surface area contributed by atoms with Gasteiger partial charge in [-0.2, -0.15) is 5.26 Å². The summed E-state index contributed by atoms with van der Waals surface area (Å²) in [6.45, 7) is 0.0294. The molecule has 0 aliphatic carbocycles. The molecule has 0 amide bonds. The topological polar surface area (TPSA) is 44.0 Å². The minimum atomic E-state index is 0.0294. The molecule has 0 heterocycles. The maximum atomic E-state index is 8.10. The number of aliphatic hydroxyl groups excluding tert-OH is 1. The van der Waals surface area contributed by atoms with Crippen molar-refractivity contribution in [2.24, 2.45) is 0 Å². The third-order valence-electron chi connectivity index (χ3n) is 0.481. The number of rotatable bonds is 2. The molecule has 0 rings (SSSR count). The second-order valence-corrected chi connectivity index (χ2v) is 1.02. The van der Waals surface area contributed by atoms with Crippen molar-refractivity contribution in [2.75, 3.05) is 6.61 Å². The molecule has 1 N–H and O–H groups in total. The van der Waals surface area contributed by atoms with Crippen LogP contribution in [0, 0.1) is 11.3 Å². The number of allylic oxidation sites excluding steroid dienone is 1. The highest BCUT2D eigenvalue weighted by Crippen LogP contribution is 1.75. The van der Waals surface area contributed by atoms with Gasteiger partial charge in [-0.05, 0) is 0 Å². The lowest BCUT2D eigenvalue weighted by molar-refractivity contribution is 0.342. The summed E-state index contributed by atoms with van der Waals surface area (Å²) >= 11 is 0. The molecular formula is C5H7NO. The highest BCUT2D eigenvalue weighted by Gasteiger charge is 1.66. The second kappa shape index (κ2) is 5.19. The van der Waals surface area contributed by atoms with Crippen molar-refractivity contribution < 1.29 is 5.11 Å². The van der Waals surface area contributed by atoms with Gasteiger partial charge in [0.1, 0.15) is 0 Å². The summed E-state index contributed by atoms with van der Waals surface area (Å²) in [5.74, 6) is 0. The van der Waals surface area contributed by atoms with E-state index in [4.69, 9.17) is 10.4 Å². The maximum absolute atomic E-state index is 8.10. The third-order valence-corrected chi connectivity index (χ3v) is 0.481.